The standard InChI is InChI=1S/C15H22ClN3OS/c1-4-12(10-20)19(8-13-6-5-7-21-13)9-14-11(2)17-18(3)15(14)16/h5-7,12,20H,4,8-10H2,1-3H3/t12-/m1/s1. The highest BCUT2D eigenvalue weighted by molar-refractivity contribution is 7.09. The Morgan fingerprint density at radius 3 is 2.71 bits per heavy atom. The Hall–Kier alpha value is -0.880. The summed E-state index contributed by atoms with van der Waals surface area (Å²) in [6.45, 7) is 5.75. The third-order valence-electron chi connectivity index (χ3n) is 3.77. The number of rotatable bonds is 7. The minimum absolute atomic E-state index is 0.128. The molecule has 1 atom stereocenters. The molecule has 2 rings (SSSR count). The Morgan fingerprint density at radius 1 is 1.48 bits per heavy atom. The average Bonchev–Trinajstić information content (AvgIpc) is 3.04. The Morgan fingerprint density at radius 2 is 2.24 bits per heavy atom. The summed E-state index contributed by atoms with van der Waals surface area (Å²) < 4.78 is 1.70. The van der Waals surface area contributed by atoms with Gasteiger partial charge in [-0.25, -0.2) is 0 Å². The number of nitrogens with zero attached hydrogens (tertiary/aromatic N) is 3. The zero-order chi connectivity index (χ0) is 15.4. The van der Waals surface area contributed by atoms with Gasteiger partial charge in [0.1, 0.15) is 5.15 Å². The smallest absolute Gasteiger partial charge is 0.131 e. The van der Waals surface area contributed by atoms with Gasteiger partial charge in [0.05, 0.1) is 12.3 Å². The molecule has 0 aliphatic rings. The Labute approximate surface area is 135 Å². The fraction of sp³-hybridized carbons (Fsp3) is 0.533. The van der Waals surface area contributed by atoms with Gasteiger partial charge < -0.3 is 5.11 Å². The first-order chi connectivity index (χ1) is 10.1. The van der Waals surface area contributed by atoms with Gasteiger partial charge in [-0.1, -0.05) is 24.6 Å². The first-order valence-corrected chi connectivity index (χ1v) is 8.37. The molecule has 0 aromatic carbocycles. The monoisotopic (exact) mass is 327 g/mol. The number of aromatic nitrogens is 2. The first kappa shape index (κ1) is 16.5. The van der Waals surface area contributed by atoms with Gasteiger partial charge in [0.25, 0.3) is 0 Å². The number of aliphatic hydroxyl groups excluding tert-OH is 1. The van der Waals surface area contributed by atoms with Crippen LogP contribution in [0.15, 0.2) is 17.5 Å². The van der Waals surface area contributed by atoms with Crippen LogP contribution in [0, 0.1) is 6.92 Å². The van der Waals surface area contributed by atoms with E-state index in [4.69, 9.17) is 11.6 Å². The Kier molecular flexibility index (Phi) is 5.81. The molecule has 4 nitrogen and oxygen atoms in total. The van der Waals surface area contributed by atoms with Crippen molar-refractivity contribution in [1.29, 1.82) is 0 Å². The van der Waals surface area contributed by atoms with Gasteiger partial charge in [-0.3, -0.25) is 9.58 Å². The highest BCUT2D eigenvalue weighted by Gasteiger charge is 2.21. The second-order valence-corrected chi connectivity index (χ2v) is 6.60. The van der Waals surface area contributed by atoms with Crippen molar-refractivity contribution in [2.45, 2.75) is 39.4 Å². The van der Waals surface area contributed by atoms with Crippen LogP contribution in [-0.4, -0.2) is 32.4 Å². The van der Waals surface area contributed by atoms with E-state index in [9.17, 15) is 5.11 Å². The van der Waals surface area contributed by atoms with Gasteiger partial charge in [0.2, 0.25) is 0 Å². The number of hydrogen-bond acceptors (Lipinski definition) is 4. The molecule has 0 saturated heterocycles. The average molecular weight is 328 g/mol. The van der Waals surface area contributed by atoms with E-state index in [1.54, 1.807) is 16.0 Å². The van der Waals surface area contributed by atoms with E-state index in [2.05, 4.69) is 34.4 Å². The molecule has 2 heterocycles. The van der Waals surface area contributed by atoms with Crippen molar-refractivity contribution < 1.29 is 5.11 Å². The van der Waals surface area contributed by atoms with Crippen LogP contribution in [0.25, 0.3) is 0 Å². The van der Waals surface area contributed by atoms with Crippen LogP contribution >= 0.6 is 22.9 Å². The zero-order valence-corrected chi connectivity index (χ0v) is 14.3. The lowest BCUT2D eigenvalue weighted by molar-refractivity contribution is 0.107. The summed E-state index contributed by atoms with van der Waals surface area (Å²) in [5.41, 5.74) is 1.99. The van der Waals surface area contributed by atoms with Crippen LogP contribution in [-0.2, 0) is 20.1 Å². The summed E-state index contributed by atoms with van der Waals surface area (Å²) in [5, 5.41) is 16.8. The van der Waals surface area contributed by atoms with Crippen molar-refractivity contribution in [2.75, 3.05) is 6.61 Å². The summed E-state index contributed by atoms with van der Waals surface area (Å²) in [7, 11) is 1.85. The van der Waals surface area contributed by atoms with Gasteiger partial charge in [-0.05, 0) is 24.8 Å². The molecule has 21 heavy (non-hydrogen) atoms. The highest BCUT2D eigenvalue weighted by atomic mass is 35.5. The second kappa shape index (κ2) is 7.40. The maximum absolute atomic E-state index is 9.65. The molecular weight excluding hydrogens is 306 g/mol. The molecule has 0 spiro atoms. The van der Waals surface area contributed by atoms with E-state index >= 15 is 0 Å². The molecule has 6 heteroatoms. The number of hydrogen-bond donors (Lipinski definition) is 1. The van der Waals surface area contributed by atoms with Gasteiger partial charge in [0, 0.05) is 36.6 Å². The van der Waals surface area contributed by atoms with E-state index in [0.717, 1.165) is 24.2 Å². The quantitative estimate of drug-likeness (QED) is 0.849. The summed E-state index contributed by atoms with van der Waals surface area (Å²) in [6, 6.07) is 4.31. The maximum atomic E-state index is 9.65. The first-order valence-electron chi connectivity index (χ1n) is 7.12. The van der Waals surface area contributed by atoms with Crippen LogP contribution in [0.3, 0.4) is 0 Å². The number of halogens is 1. The van der Waals surface area contributed by atoms with Crippen LogP contribution in [0.4, 0.5) is 0 Å². The molecule has 2 aromatic rings. The van der Waals surface area contributed by atoms with Gasteiger partial charge in [0.15, 0.2) is 0 Å². The van der Waals surface area contributed by atoms with E-state index in [1.165, 1.54) is 4.88 Å². The Bertz CT molecular complexity index is 564. The van der Waals surface area contributed by atoms with Gasteiger partial charge in [-0.2, -0.15) is 5.10 Å². The molecule has 0 saturated carbocycles. The molecule has 0 unspecified atom stereocenters. The van der Waals surface area contributed by atoms with Gasteiger partial charge >= 0.3 is 0 Å². The van der Waals surface area contributed by atoms with Crippen LogP contribution in [0.1, 0.15) is 29.5 Å². The largest absolute Gasteiger partial charge is 0.395 e. The number of aliphatic hydroxyl groups is 1. The van der Waals surface area contributed by atoms with Gasteiger partial charge in [-0.15, -0.1) is 11.3 Å². The lowest BCUT2D eigenvalue weighted by Gasteiger charge is -2.29. The van der Waals surface area contributed by atoms with Crippen LogP contribution in [0.2, 0.25) is 5.15 Å². The summed E-state index contributed by atoms with van der Waals surface area (Å²) >= 11 is 8.08. The molecule has 0 radical (unpaired) electrons. The lowest BCUT2D eigenvalue weighted by Crippen LogP contribution is -2.36. The topological polar surface area (TPSA) is 41.3 Å². The van der Waals surface area contributed by atoms with E-state index in [-0.39, 0.29) is 12.6 Å². The maximum Gasteiger partial charge on any atom is 0.131 e. The molecule has 1 N–H and O–H groups in total. The lowest BCUT2D eigenvalue weighted by atomic mass is 10.1. The predicted molar refractivity (Wildman–Crippen MR) is 87.7 cm³/mol. The Balaban J connectivity index is 2.22. The third-order valence-corrected chi connectivity index (χ3v) is 5.10. The third kappa shape index (κ3) is 3.86. The van der Waals surface area contributed by atoms with E-state index in [0.29, 0.717) is 11.7 Å². The summed E-state index contributed by atoms with van der Waals surface area (Å²) in [6.07, 6.45) is 0.902. The van der Waals surface area contributed by atoms with E-state index < -0.39 is 0 Å². The summed E-state index contributed by atoms with van der Waals surface area (Å²) in [5.74, 6) is 0. The number of thiophene rings is 1. The van der Waals surface area contributed by atoms with Crippen molar-refractivity contribution in [3.05, 3.63) is 38.8 Å². The van der Waals surface area contributed by atoms with Crippen molar-refractivity contribution in [3.8, 4) is 0 Å². The van der Waals surface area contributed by atoms with Crippen molar-refractivity contribution in [2.24, 2.45) is 7.05 Å². The molecule has 0 fully saturated rings. The molecule has 116 valence electrons. The highest BCUT2D eigenvalue weighted by Crippen LogP contribution is 2.24. The molecule has 0 aliphatic heterocycles. The predicted octanol–water partition coefficient (Wildman–Crippen LogP) is 3.22. The minimum Gasteiger partial charge on any atom is -0.395 e. The van der Waals surface area contributed by atoms with Crippen LogP contribution < -0.4 is 0 Å². The van der Waals surface area contributed by atoms with E-state index in [1.807, 2.05) is 14.0 Å². The molecule has 0 amide bonds. The summed E-state index contributed by atoms with van der Waals surface area (Å²) in [4.78, 5) is 3.57. The minimum atomic E-state index is 0.128. The normalized spacial score (nSPS) is 13.0. The molecule has 0 bridgehead atoms. The van der Waals surface area contributed by atoms with Crippen molar-refractivity contribution in [1.82, 2.24) is 14.7 Å². The van der Waals surface area contributed by atoms with Crippen LogP contribution in [0.5, 0.6) is 0 Å². The molecule has 2 aromatic heterocycles. The van der Waals surface area contributed by atoms with Crippen molar-refractivity contribution in [3.63, 3.8) is 0 Å². The SMILES string of the molecule is CC[C@H](CO)N(Cc1cccs1)Cc1c(C)nn(C)c1Cl. The fourth-order valence-electron chi connectivity index (χ4n) is 2.48. The second-order valence-electron chi connectivity index (χ2n) is 5.21. The van der Waals surface area contributed by atoms with Crippen molar-refractivity contribution >= 4 is 22.9 Å². The zero-order valence-electron chi connectivity index (χ0n) is 12.7. The fourth-order valence-corrected chi connectivity index (χ4v) is 3.44. The molecule has 0 aliphatic carbocycles. The number of aryl methyl sites for hydroxylation is 2. The molecular formula is C15H22ClN3OS.